The van der Waals surface area contributed by atoms with Crippen molar-refractivity contribution in [2.75, 3.05) is 19.0 Å². The summed E-state index contributed by atoms with van der Waals surface area (Å²) in [5.74, 6) is 1.81. The average molecular weight is 450 g/mol. The Bertz CT molecular complexity index is 1100. The minimum atomic E-state index is -0.229. The zero-order valence-electron chi connectivity index (χ0n) is 20.0. The maximum atomic E-state index is 13.9. The molecule has 6 heteroatoms. The highest BCUT2D eigenvalue weighted by Gasteiger charge is 2.21. The van der Waals surface area contributed by atoms with Crippen molar-refractivity contribution in [3.05, 3.63) is 83.6 Å². The van der Waals surface area contributed by atoms with Gasteiger partial charge in [-0.25, -0.2) is 9.38 Å². The molecule has 1 heterocycles. The van der Waals surface area contributed by atoms with Crippen LogP contribution in [0.25, 0.3) is 5.70 Å². The van der Waals surface area contributed by atoms with Crippen molar-refractivity contribution in [2.45, 2.75) is 40.5 Å². The van der Waals surface area contributed by atoms with E-state index < -0.39 is 0 Å². The molecule has 0 radical (unpaired) electrons. The molecule has 1 N–H and O–H groups in total. The summed E-state index contributed by atoms with van der Waals surface area (Å²) in [6, 6.07) is 10.8. The third kappa shape index (κ3) is 5.83. The molecule has 1 aliphatic rings. The third-order valence-electron chi connectivity index (χ3n) is 5.13. The van der Waals surface area contributed by atoms with E-state index in [0.717, 1.165) is 35.5 Å². The number of hydrogen-bond donors (Lipinski definition) is 1. The summed E-state index contributed by atoms with van der Waals surface area (Å²) in [4.78, 5) is 6.97. The molecule has 174 valence electrons. The minimum Gasteiger partial charge on any atom is -0.493 e. The van der Waals surface area contributed by atoms with Gasteiger partial charge in [0.25, 0.3) is 0 Å². The summed E-state index contributed by atoms with van der Waals surface area (Å²) in [7, 11) is 1.62. The first-order valence-corrected chi connectivity index (χ1v) is 11.3. The summed E-state index contributed by atoms with van der Waals surface area (Å²) >= 11 is 0. The molecular weight excluding hydrogens is 417 g/mol. The molecule has 0 amide bonds. The fraction of sp³-hybridized carbons (Fsp3) is 0.296. The van der Waals surface area contributed by atoms with E-state index in [-0.39, 0.29) is 5.82 Å². The van der Waals surface area contributed by atoms with Gasteiger partial charge >= 0.3 is 0 Å². The molecule has 0 aromatic heterocycles. The first-order valence-electron chi connectivity index (χ1n) is 11.3. The molecule has 0 aliphatic carbocycles. The van der Waals surface area contributed by atoms with Crippen LogP contribution in [0.1, 0.15) is 44.7 Å². The second kappa shape index (κ2) is 11.4. The maximum absolute atomic E-state index is 13.9. The Morgan fingerprint density at radius 2 is 1.94 bits per heavy atom. The summed E-state index contributed by atoms with van der Waals surface area (Å²) in [6.45, 7) is 8.37. The van der Waals surface area contributed by atoms with Gasteiger partial charge in [-0.05, 0) is 63.1 Å². The van der Waals surface area contributed by atoms with Crippen LogP contribution in [0.2, 0.25) is 0 Å². The van der Waals surface area contributed by atoms with E-state index in [0.29, 0.717) is 29.5 Å². The van der Waals surface area contributed by atoms with E-state index in [1.807, 2.05) is 61.5 Å². The lowest BCUT2D eigenvalue weighted by Crippen LogP contribution is -2.27. The van der Waals surface area contributed by atoms with E-state index in [4.69, 9.17) is 14.5 Å². The van der Waals surface area contributed by atoms with Crippen LogP contribution in [0.4, 0.5) is 10.1 Å². The van der Waals surface area contributed by atoms with Crippen LogP contribution in [0.5, 0.6) is 11.5 Å². The van der Waals surface area contributed by atoms with Crippen molar-refractivity contribution in [1.29, 1.82) is 0 Å². The van der Waals surface area contributed by atoms with Crippen LogP contribution < -0.4 is 14.8 Å². The van der Waals surface area contributed by atoms with Crippen LogP contribution in [-0.2, 0) is 0 Å². The molecular formula is C27H32FN3O2. The van der Waals surface area contributed by atoms with Gasteiger partial charge in [0.05, 0.1) is 25.1 Å². The quantitative estimate of drug-likeness (QED) is 0.477. The summed E-state index contributed by atoms with van der Waals surface area (Å²) in [6.07, 6.45) is 10.0. The summed E-state index contributed by atoms with van der Waals surface area (Å²) in [5, 5.41) is 3.45. The van der Waals surface area contributed by atoms with Gasteiger partial charge in [0.2, 0.25) is 0 Å². The number of hydrogen-bond acceptors (Lipinski definition) is 5. The lowest BCUT2D eigenvalue weighted by molar-refractivity contribution is 0.311. The highest BCUT2D eigenvalue weighted by atomic mass is 19.1. The average Bonchev–Trinajstić information content (AvgIpc) is 2.81. The van der Waals surface area contributed by atoms with Crippen molar-refractivity contribution < 1.29 is 13.9 Å². The Kier molecular flexibility index (Phi) is 8.30. The normalized spacial score (nSPS) is 15.0. The molecule has 5 nitrogen and oxygen atoms in total. The highest BCUT2D eigenvalue weighted by Crippen LogP contribution is 2.32. The van der Waals surface area contributed by atoms with Crippen LogP contribution in [0, 0.1) is 12.7 Å². The van der Waals surface area contributed by atoms with Crippen molar-refractivity contribution in [3.63, 3.8) is 0 Å². The van der Waals surface area contributed by atoms with E-state index in [9.17, 15) is 4.39 Å². The number of benzene rings is 2. The van der Waals surface area contributed by atoms with Gasteiger partial charge in [-0.15, -0.1) is 0 Å². The fourth-order valence-corrected chi connectivity index (χ4v) is 3.49. The fourth-order valence-electron chi connectivity index (χ4n) is 3.49. The predicted octanol–water partition coefficient (Wildman–Crippen LogP) is 6.88. The Labute approximate surface area is 195 Å². The molecule has 33 heavy (non-hydrogen) atoms. The van der Waals surface area contributed by atoms with Crippen LogP contribution >= 0.6 is 0 Å². The first-order chi connectivity index (χ1) is 16.0. The van der Waals surface area contributed by atoms with Gasteiger partial charge < -0.3 is 19.7 Å². The Morgan fingerprint density at radius 1 is 1.12 bits per heavy atom. The van der Waals surface area contributed by atoms with E-state index in [1.54, 1.807) is 20.1 Å². The number of allylic oxidation sites excluding steroid dienone is 2. The summed E-state index contributed by atoms with van der Waals surface area (Å²) < 4.78 is 25.0. The van der Waals surface area contributed by atoms with Gasteiger partial charge in [-0.1, -0.05) is 25.5 Å². The van der Waals surface area contributed by atoms with Gasteiger partial charge in [0.1, 0.15) is 5.82 Å². The molecule has 0 bridgehead atoms. The standard InChI is InChI=1S/C27H32FN3O2/c1-6-9-10-24-27(29-21-12-14-25(33-8-3)26(17-21)32-5)30-23(18-31(24)15-7-2)20-11-13-22(28)19(4)16-20/h7,10-18H,6,8-9H2,1-5H3,(H,29,30)/b15-7-,24-10+. The van der Waals surface area contributed by atoms with Gasteiger partial charge in [-0.3, -0.25) is 0 Å². The number of rotatable bonds is 8. The van der Waals surface area contributed by atoms with Gasteiger partial charge in [-0.2, -0.15) is 0 Å². The second-order valence-electron chi connectivity index (χ2n) is 7.63. The predicted molar refractivity (Wildman–Crippen MR) is 134 cm³/mol. The van der Waals surface area contributed by atoms with E-state index >= 15 is 0 Å². The number of methoxy groups -OCH3 is 1. The van der Waals surface area contributed by atoms with Gasteiger partial charge in [0, 0.05) is 29.7 Å². The topological polar surface area (TPSA) is 46.1 Å². The largest absolute Gasteiger partial charge is 0.493 e. The molecule has 2 aromatic carbocycles. The first kappa shape index (κ1) is 24.1. The van der Waals surface area contributed by atoms with Crippen LogP contribution in [-0.4, -0.2) is 24.5 Å². The maximum Gasteiger partial charge on any atom is 0.162 e. The van der Waals surface area contributed by atoms with Crippen molar-refractivity contribution in [1.82, 2.24) is 4.90 Å². The molecule has 0 saturated carbocycles. The molecule has 2 aromatic rings. The number of anilines is 1. The number of unbranched alkanes of at least 4 members (excludes halogenated alkanes) is 1. The number of nitrogens with zero attached hydrogens (tertiary/aromatic N) is 2. The zero-order valence-corrected chi connectivity index (χ0v) is 20.0. The summed E-state index contributed by atoms with van der Waals surface area (Å²) in [5.41, 5.74) is 3.95. The lowest BCUT2D eigenvalue weighted by Gasteiger charge is -2.27. The van der Waals surface area contributed by atoms with Crippen molar-refractivity contribution in [2.24, 2.45) is 4.99 Å². The molecule has 0 atom stereocenters. The Balaban J connectivity index is 2.06. The van der Waals surface area contributed by atoms with E-state index in [2.05, 4.69) is 18.3 Å². The van der Waals surface area contributed by atoms with Crippen molar-refractivity contribution >= 4 is 17.2 Å². The smallest absolute Gasteiger partial charge is 0.162 e. The molecule has 1 aliphatic heterocycles. The van der Waals surface area contributed by atoms with Crippen LogP contribution in [0.3, 0.4) is 0 Å². The Hall–Kier alpha value is -3.54. The Morgan fingerprint density at radius 3 is 2.61 bits per heavy atom. The van der Waals surface area contributed by atoms with E-state index in [1.165, 1.54) is 6.07 Å². The van der Waals surface area contributed by atoms with Crippen LogP contribution in [0.15, 0.2) is 71.6 Å². The van der Waals surface area contributed by atoms with Gasteiger partial charge in [0.15, 0.2) is 17.3 Å². The third-order valence-corrected chi connectivity index (χ3v) is 5.13. The SMILES string of the molecule is C/C=C\N1C=C(c2ccc(F)c(C)c2)N=C(Nc2ccc(OCC)c(OC)c2)/C1=C\CCC. The second-order valence-corrected chi connectivity index (χ2v) is 7.63. The molecule has 0 unspecified atom stereocenters. The highest BCUT2D eigenvalue weighted by molar-refractivity contribution is 6.11. The monoisotopic (exact) mass is 449 g/mol. The number of halogens is 1. The number of aliphatic imine (C=N–C) groups is 1. The lowest BCUT2D eigenvalue weighted by atomic mass is 10.1. The molecule has 0 fully saturated rings. The number of aryl methyl sites for hydroxylation is 1. The number of nitrogens with one attached hydrogen (secondary N) is 1. The van der Waals surface area contributed by atoms with Crippen molar-refractivity contribution in [3.8, 4) is 11.5 Å². The zero-order chi connectivity index (χ0) is 23.8. The minimum absolute atomic E-state index is 0.229. The number of amidine groups is 1. The molecule has 0 spiro atoms. The number of ether oxygens (including phenoxy) is 2. The molecule has 3 rings (SSSR count). The molecule has 0 saturated heterocycles.